The van der Waals surface area contributed by atoms with Crippen LogP contribution in [-0.4, -0.2) is 56.3 Å². The van der Waals surface area contributed by atoms with Gasteiger partial charge in [-0.1, -0.05) is 12.1 Å². The SMILES string of the molecule is CS(=O)(=O)NC[C@@H]1CCN1C(=O)C1(CO)CC1c1ccc(F)cc1-c1c(F)cccc1F. The molecule has 2 aromatic carbocycles. The minimum absolute atomic E-state index is 0.00706. The summed E-state index contributed by atoms with van der Waals surface area (Å²) in [5, 5.41) is 10.1. The number of aliphatic hydroxyl groups excluding tert-OH is 1. The Hall–Kier alpha value is -2.43. The van der Waals surface area contributed by atoms with Gasteiger partial charge in [0.1, 0.15) is 17.5 Å². The molecule has 32 heavy (non-hydrogen) atoms. The number of carbonyl (C=O) groups is 1. The number of carbonyl (C=O) groups excluding carboxylic acids is 1. The lowest BCUT2D eigenvalue weighted by molar-refractivity contribution is -0.146. The number of hydrogen-bond donors (Lipinski definition) is 2. The third-order valence-corrected chi connectivity index (χ3v) is 7.08. The standard InChI is InChI=1S/C22H23F3N2O4S/c1-32(30,31)26-11-14-7-8-27(14)21(29)22(12-28)10-17(22)15-6-5-13(23)9-16(15)20-18(24)3-2-4-19(20)25/h2-6,9,14,17,26,28H,7-8,10-12H2,1H3/t14-,17?,22?/m0/s1. The number of rotatable bonds is 7. The molecular weight excluding hydrogens is 445 g/mol. The van der Waals surface area contributed by atoms with E-state index in [1.807, 2.05) is 0 Å². The number of amides is 1. The molecule has 4 rings (SSSR count). The van der Waals surface area contributed by atoms with Crippen molar-refractivity contribution in [1.29, 1.82) is 0 Å². The number of sulfonamides is 1. The largest absolute Gasteiger partial charge is 0.395 e. The number of nitrogens with zero attached hydrogens (tertiary/aromatic N) is 1. The summed E-state index contributed by atoms with van der Waals surface area (Å²) in [6.07, 6.45) is 1.88. The summed E-state index contributed by atoms with van der Waals surface area (Å²) >= 11 is 0. The van der Waals surface area contributed by atoms with E-state index in [-0.39, 0.29) is 36.0 Å². The molecule has 1 heterocycles. The van der Waals surface area contributed by atoms with Crippen LogP contribution in [0, 0.1) is 22.9 Å². The van der Waals surface area contributed by atoms with Crippen LogP contribution in [0.15, 0.2) is 36.4 Å². The summed E-state index contributed by atoms with van der Waals surface area (Å²) in [5.41, 5.74) is -1.19. The maximum Gasteiger partial charge on any atom is 0.232 e. The fourth-order valence-corrected chi connectivity index (χ4v) is 4.94. The van der Waals surface area contributed by atoms with Gasteiger partial charge < -0.3 is 10.0 Å². The third kappa shape index (κ3) is 4.02. The lowest BCUT2D eigenvalue weighted by Gasteiger charge is -2.43. The van der Waals surface area contributed by atoms with Gasteiger partial charge in [-0.05, 0) is 48.2 Å². The van der Waals surface area contributed by atoms with Crippen molar-refractivity contribution in [3.05, 3.63) is 59.4 Å². The number of halogens is 3. The average Bonchev–Trinajstić information content (AvgIpc) is 3.42. The van der Waals surface area contributed by atoms with E-state index in [0.29, 0.717) is 18.5 Å². The Morgan fingerprint density at radius 2 is 1.91 bits per heavy atom. The van der Waals surface area contributed by atoms with Crippen molar-refractivity contribution in [2.45, 2.75) is 24.8 Å². The molecule has 0 radical (unpaired) electrons. The Morgan fingerprint density at radius 1 is 1.22 bits per heavy atom. The van der Waals surface area contributed by atoms with Crippen LogP contribution in [0.4, 0.5) is 13.2 Å². The van der Waals surface area contributed by atoms with Gasteiger partial charge in [0.15, 0.2) is 0 Å². The molecule has 2 fully saturated rings. The summed E-state index contributed by atoms with van der Waals surface area (Å²) in [7, 11) is -3.42. The average molecular weight is 468 g/mol. The zero-order valence-corrected chi connectivity index (χ0v) is 18.1. The zero-order valence-electron chi connectivity index (χ0n) is 17.3. The molecular formula is C22H23F3N2O4S. The van der Waals surface area contributed by atoms with Gasteiger partial charge in [-0.2, -0.15) is 0 Å². The van der Waals surface area contributed by atoms with E-state index >= 15 is 0 Å². The minimum Gasteiger partial charge on any atom is -0.395 e. The molecule has 1 amide bonds. The van der Waals surface area contributed by atoms with E-state index < -0.39 is 45.4 Å². The van der Waals surface area contributed by atoms with E-state index in [0.717, 1.165) is 30.5 Å². The molecule has 2 aliphatic rings. The Morgan fingerprint density at radius 3 is 2.47 bits per heavy atom. The van der Waals surface area contributed by atoms with Crippen LogP contribution >= 0.6 is 0 Å². The Labute approximate surface area is 184 Å². The molecule has 172 valence electrons. The van der Waals surface area contributed by atoms with Crippen LogP contribution in [0.2, 0.25) is 0 Å². The molecule has 0 aromatic heterocycles. The number of aliphatic hydroxyl groups is 1. The van der Waals surface area contributed by atoms with E-state index in [9.17, 15) is 31.5 Å². The van der Waals surface area contributed by atoms with Crippen molar-refractivity contribution in [3.8, 4) is 11.1 Å². The van der Waals surface area contributed by atoms with Crippen molar-refractivity contribution < 1.29 is 31.5 Å². The van der Waals surface area contributed by atoms with Crippen molar-refractivity contribution in [2.24, 2.45) is 5.41 Å². The molecule has 1 saturated heterocycles. The zero-order chi connectivity index (χ0) is 23.3. The van der Waals surface area contributed by atoms with Crippen molar-refractivity contribution in [3.63, 3.8) is 0 Å². The lowest BCUT2D eigenvalue weighted by Crippen LogP contribution is -2.58. The van der Waals surface area contributed by atoms with Crippen molar-refractivity contribution in [2.75, 3.05) is 26.0 Å². The Bertz CT molecular complexity index is 1150. The first-order valence-electron chi connectivity index (χ1n) is 10.2. The van der Waals surface area contributed by atoms with Crippen LogP contribution in [0.3, 0.4) is 0 Å². The first-order valence-corrected chi connectivity index (χ1v) is 12.1. The van der Waals surface area contributed by atoms with Crippen molar-refractivity contribution in [1.82, 2.24) is 9.62 Å². The van der Waals surface area contributed by atoms with Gasteiger partial charge in [0.25, 0.3) is 0 Å². The smallest absolute Gasteiger partial charge is 0.232 e. The Balaban J connectivity index is 1.63. The molecule has 10 heteroatoms. The van der Waals surface area contributed by atoms with Crippen molar-refractivity contribution >= 4 is 15.9 Å². The highest BCUT2D eigenvalue weighted by atomic mass is 32.2. The van der Waals surface area contributed by atoms with Gasteiger partial charge in [-0.15, -0.1) is 0 Å². The quantitative estimate of drug-likeness (QED) is 0.654. The molecule has 3 atom stereocenters. The van der Waals surface area contributed by atoms with Gasteiger partial charge in [0.2, 0.25) is 15.9 Å². The highest BCUT2D eigenvalue weighted by molar-refractivity contribution is 7.88. The molecule has 2 aromatic rings. The molecule has 2 N–H and O–H groups in total. The van der Waals surface area contributed by atoms with Crippen LogP contribution in [0.5, 0.6) is 0 Å². The lowest BCUT2D eigenvalue weighted by atomic mass is 9.89. The maximum absolute atomic E-state index is 14.4. The fraction of sp³-hybridized carbons (Fsp3) is 0.409. The predicted molar refractivity (Wildman–Crippen MR) is 112 cm³/mol. The number of nitrogens with one attached hydrogen (secondary N) is 1. The molecule has 1 aliphatic carbocycles. The second kappa shape index (κ2) is 8.17. The number of likely N-dealkylation sites (tertiary alicyclic amines) is 1. The van der Waals surface area contributed by atoms with E-state index in [1.165, 1.54) is 17.0 Å². The van der Waals surface area contributed by atoms with Gasteiger partial charge in [0.05, 0.1) is 23.8 Å². The summed E-state index contributed by atoms with van der Waals surface area (Å²) in [6, 6.07) is 6.60. The summed E-state index contributed by atoms with van der Waals surface area (Å²) in [4.78, 5) is 14.8. The second-order valence-electron chi connectivity index (χ2n) is 8.46. The van der Waals surface area contributed by atoms with Crippen LogP contribution in [0.1, 0.15) is 24.3 Å². The van der Waals surface area contributed by atoms with Gasteiger partial charge in [0, 0.05) is 25.0 Å². The highest BCUT2D eigenvalue weighted by Gasteiger charge is 2.63. The fourth-order valence-electron chi connectivity index (χ4n) is 4.45. The van der Waals surface area contributed by atoms with Gasteiger partial charge in [-0.3, -0.25) is 4.79 Å². The Kier molecular flexibility index (Phi) is 5.81. The third-order valence-electron chi connectivity index (χ3n) is 6.39. The summed E-state index contributed by atoms with van der Waals surface area (Å²) < 4.78 is 68.0. The van der Waals surface area contributed by atoms with Gasteiger partial charge in [-0.25, -0.2) is 26.3 Å². The molecule has 1 saturated carbocycles. The minimum atomic E-state index is -3.42. The first-order chi connectivity index (χ1) is 15.1. The first kappa shape index (κ1) is 22.8. The molecule has 6 nitrogen and oxygen atoms in total. The number of hydrogen-bond acceptors (Lipinski definition) is 4. The van der Waals surface area contributed by atoms with Crippen LogP contribution in [0.25, 0.3) is 11.1 Å². The summed E-state index contributed by atoms with van der Waals surface area (Å²) in [6.45, 7) is -0.00356. The molecule has 0 bridgehead atoms. The molecule has 2 unspecified atom stereocenters. The van der Waals surface area contributed by atoms with Crippen LogP contribution in [-0.2, 0) is 14.8 Å². The number of benzene rings is 2. The molecule has 1 aliphatic heterocycles. The van der Waals surface area contributed by atoms with Crippen LogP contribution < -0.4 is 4.72 Å². The monoisotopic (exact) mass is 468 g/mol. The highest BCUT2D eigenvalue weighted by Crippen LogP contribution is 2.62. The maximum atomic E-state index is 14.4. The van der Waals surface area contributed by atoms with E-state index in [2.05, 4.69) is 4.72 Å². The molecule has 0 spiro atoms. The van der Waals surface area contributed by atoms with E-state index in [4.69, 9.17) is 0 Å². The normalized spacial score (nSPS) is 24.8. The van der Waals surface area contributed by atoms with Gasteiger partial charge >= 0.3 is 0 Å². The topological polar surface area (TPSA) is 86.7 Å². The summed E-state index contributed by atoms with van der Waals surface area (Å²) in [5.74, 6) is -3.29. The predicted octanol–water partition coefficient (Wildman–Crippen LogP) is 2.39. The second-order valence-corrected chi connectivity index (χ2v) is 10.3. The van der Waals surface area contributed by atoms with E-state index in [1.54, 1.807) is 0 Å².